The van der Waals surface area contributed by atoms with Crippen molar-refractivity contribution in [1.82, 2.24) is 0 Å². The number of nitrogens with zero attached hydrogens (tertiary/aromatic N) is 2. The van der Waals surface area contributed by atoms with E-state index in [-0.39, 0.29) is 5.91 Å². The quantitative estimate of drug-likeness (QED) is 0.166. The minimum Gasteiger partial charge on any atom is -0.497 e. The maximum Gasteiger partial charge on any atom is 0.341 e. The number of carbonyl (C=O) groups excluding carboxylic acids is 2. The number of hydrogen-bond donors (Lipinski definition) is 0. The molecule has 0 saturated carbocycles. The van der Waals surface area contributed by atoms with Gasteiger partial charge >= 0.3 is 5.97 Å². The van der Waals surface area contributed by atoms with Crippen LogP contribution in [0.2, 0.25) is 0 Å². The van der Waals surface area contributed by atoms with Gasteiger partial charge in [-0.3, -0.25) is 9.69 Å². The lowest BCUT2D eigenvalue weighted by atomic mass is 9.90. The van der Waals surface area contributed by atoms with E-state index < -0.39 is 11.7 Å². The van der Waals surface area contributed by atoms with Crippen molar-refractivity contribution in [2.24, 2.45) is 0 Å². The predicted molar refractivity (Wildman–Crippen MR) is 171 cm³/mol. The van der Waals surface area contributed by atoms with Gasteiger partial charge < -0.3 is 19.1 Å². The zero-order chi connectivity index (χ0) is 30.7. The van der Waals surface area contributed by atoms with Crippen molar-refractivity contribution in [3.63, 3.8) is 0 Å². The first-order chi connectivity index (χ1) is 21.5. The van der Waals surface area contributed by atoms with Crippen LogP contribution in [0.1, 0.15) is 38.8 Å². The number of hydrogen-bond acceptors (Lipinski definition) is 6. The highest BCUT2D eigenvalue weighted by molar-refractivity contribution is 6.05. The summed E-state index contributed by atoms with van der Waals surface area (Å²) in [7, 11) is 3.32. The molecular weight excluding hydrogens is 552 g/mol. The molecule has 0 bridgehead atoms. The van der Waals surface area contributed by atoms with Gasteiger partial charge in [-0.2, -0.15) is 0 Å². The second-order valence-corrected chi connectivity index (χ2v) is 10.3. The van der Waals surface area contributed by atoms with Gasteiger partial charge in [0.2, 0.25) is 5.72 Å². The number of cyclic esters (lactones) is 1. The lowest BCUT2D eigenvalue weighted by Gasteiger charge is -2.42. The predicted octanol–water partition coefficient (Wildman–Crippen LogP) is 7.58. The average molecular weight is 585 g/mol. The summed E-state index contributed by atoms with van der Waals surface area (Å²) < 4.78 is 17.4. The van der Waals surface area contributed by atoms with Crippen LogP contribution in [-0.4, -0.2) is 32.6 Å². The van der Waals surface area contributed by atoms with Crippen LogP contribution < -0.4 is 19.3 Å². The third kappa shape index (κ3) is 5.02. The fourth-order valence-corrected chi connectivity index (χ4v) is 5.61. The summed E-state index contributed by atoms with van der Waals surface area (Å²) in [6.07, 6.45) is 0. The number of rotatable bonds is 9. The molecule has 6 rings (SSSR count). The van der Waals surface area contributed by atoms with Gasteiger partial charge in [-0.05, 0) is 85.8 Å². The Morgan fingerprint density at radius 3 is 1.98 bits per heavy atom. The number of benzene rings is 5. The zero-order valence-electron chi connectivity index (χ0n) is 24.8. The van der Waals surface area contributed by atoms with Gasteiger partial charge in [0.05, 0.1) is 19.3 Å². The van der Waals surface area contributed by atoms with E-state index in [2.05, 4.69) is 0 Å². The molecule has 220 valence electrons. The Bertz CT molecular complexity index is 1770. The molecule has 0 aromatic heterocycles. The van der Waals surface area contributed by atoms with Gasteiger partial charge in [-0.15, -0.1) is 0 Å². The van der Waals surface area contributed by atoms with E-state index in [0.717, 1.165) is 28.3 Å². The first-order valence-electron chi connectivity index (χ1n) is 14.4. The van der Waals surface area contributed by atoms with Crippen LogP contribution in [0.4, 0.5) is 17.1 Å². The van der Waals surface area contributed by atoms with E-state index in [1.165, 1.54) is 0 Å². The summed E-state index contributed by atoms with van der Waals surface area (Å²) in [5.74, 6) is 0.855. The van der Waals surface area contributed by atoms with E-state index in [1.54, 1.807) is 49.4 Å². The molecule has 1 unspecified atom stereocenters. The number of fused-ring (bicyclic) bond motifs is 1. The Kier molecular flexibility index (Phi) is 7.77. The second kappa shape index (κ2) is 12.0. The highest BCUT2D eigenvalue weighted by Crippen LogP contribution is 2.50. The minimum atomic E-state index is -1.33. The van der Waals surface area contributed by atoms with Crippen LogP contribution in [-0.2, 0) is 10.5 Å². The Hall–Kier alpha value is -5.56. The van der Waals surface area contributed by atoms with Crippen molar-refractivity contribution in [3.8, 4) is 11.5 Å². The molecule has 0 aliphatic carbocycles. The van der Waals surface area contributed by atoms with Gasteiger partial charge in [-0.1, -0.05) is 48.5 Å². The standard InChI is InChI=1S/C37H32N2O5/c1-4-43-32-24-20-30(21-25-32)39(29-10-6-5-7-11-29)37(34-13-9-8-12-33(34)36(41)44-37)27-16-18-28(19-17-27)38(2)35(40)26-14-22-31(42-3)23-15-26/h5-25H,4H2,1-3H3. The monoisotopic (exact) mass is 584 g/mol. The number of para-hydroxylation sites is 1. The summed E-state index contributed by atoms with van der Waals surface area (Å²) in [6.45, 7) is 2.50. The molecule has 7 nitrogen and oxygen atoms in total. The minimum absolute atomic E-state index is 0.159. The van der Waals surface area contributed by atoms with E-state index >= 15 is 0 Å². The lowest BCUT2D eigenvalue weighted by molar-refractivity contribution is 0.0134. The maximum absolute atomic E-state index is 13.5. The molecule has 1 aliphatic heterocycles. The molecule has 5 aromatic carbocycles. The number of anilines is 3. The van der Waals surface area contributed by atoms with Gasteiger partial charge in [0.15, 0.2) is 0 Å². The molecular formula is C37H32N2O5. The SMILES string of the molecule is CCOc1ccc(N(c2ccccc2)C2(c3ccc(N(C)C(=O)c4ccc(OC)cc4)cc3)OC(=O)c3ccccc32)cc1. The van der Waals surface area contributed by atoms with Crippen LogP contribution in [0.15, 0.2) is 127 Å². The third-order valence-electron chi connectivity index (χ3n) is 7.78. The number of ether oxygens (including phenoxy) is 3. The summed E-state index contributed by atoms with van der Waals surface area (Å²) in [5.41, 5.74) is 3.47. The summed E-state index contributed by atoms with van der Waals surface area (Å²) in [4.78, 5) is 30.4. The fraction of sp³-hybridized carbons (Fsp3) is 0.135. The van der Waals surface area contributed by atoms with Crippen molar-refractivity contribution in [2.75, 3.05) is 30.6 Å². The summed E-state index contributed by atoms with van der Waals surface area (Å²) in [6, 6.07) is 39.6. The molecule has 44 heavy (non-hydrogen) atoms. The van der Waals surface area contributed by atoms with Gasteiger partial charge in [0.1, 0.15) is 11.5 Å². The van der Waals surface area contributed by atoms with Gasteiger partial charge in [-0.25, -0.2) is 4.79 Å². The lowest BCUT2D eigenvalue weighted by Crippen LogP contribution is -2.45. The number of esters is 1. The number of methoxy groups -OCH3 is 1. The van der Waals surface area contributed by atoms with Gasteiger partial charge in [0, 0.05) is 40.8 Å². The second-order valence-electron chi connectivity index (χ2n) is 10.3. The van der Waals surface area contributed by atoms with Crippen LogP contribution in [0.25, 0.3) is 0 Å². The van der Waals surface area contributed by atoms with Gasteiger partial charge in [0.25, 0.3) is 5.91 Å². The highest BCUT2D eigenvalue weighted by atomic mass is 16.6. The average Bonchev–Trinajstić information content (AvgIpc) is 3.38. The molecule has 0 N–H and O–H groups in total. The molecule has 0 fully saturated rings. The first kappa shape index (κ1) is 28.6. The molecule has 0 saturated heterocycles. The molecule has 0 radical (unpaired) electrons. The highest BCUT2D eigenvalue weighted by Gasteiger charge is 2.52. The molecule has 1 amide bonds. The maximum atomic E-state index is 13.5. The van der Waals surface area contributed by atoms with Crippen LogP contribution in [0, 0.1) is 0 Å². The normalized spacial score (nSPS) is 15.2. The van der Waals surface area contributed by atoms with Crippen LogP contribution in [0.3, 0.4) is 0 Å². The molecule has 7 heteroatoms. The third-order valence-corrected chi connectivity index (χ3v) is 7.78. The Balaban J connectivity index is 1.47. The summed E-state index contributed by atoms with van der Waals surface area (Å²) >= 11 is 0. The fourth-order valence-electron chi connectivity index (χ4n) is 5.61. The zero-order valence-corrected chi connectivity index (χ0v) is 24.8. The Morgan fingerprint density at radius 1 is 0.727 bits per heavy atom. The van der Waals surface area contributed by atoms with Crippen molar-refractivity contribution in [2.45, 2.75) is 12.6 Å². The molecule has 1 heterocycles. The van der Waals surface area contributed by atoms with Crippen molar-refractivity contribution < 1.29 is 23.8 Å². The van der Waals surface area contributed by atoms with E-state index in [0.29, 0.717) is 29.2 Å². The number of amides is 1. The molecule has 5 aromatic rings. The van der Waals surface area contributed by atoms with Crippen molar-refractivity contribution >= 4 is 28.9 Å². The molecule has 1 aliphatic rings. The van der Waals surface area contributed by atoms with Crippen LogP contribution >= 0.6 is 0 Å². The van der Waals surface area contributed by atoms with Crippen molar-refractivity contribution in [1.29, 1.82) is 0 Å². The van der Waals surface area contributed by atoms with Crippen molar-refractivity contribution in [3.05, 3.63) is 150 Å². The van der Waals surface area contributed by atoms with E-state index in [9.17, 15) is 9.59 Å². The molecule has 1 atom stereocenters. The smallest absolute Gasteiger partial charge is 0.341 e. The molecule has 0 spiro atoms. The van der Waals surface area contributed by atoms with E-state index in [4.69, 9.17) is 14.2 Å². The summed E-state index contributed by atoms with van der Waals surface area (Å²) in [5, 5.41) is 0. The Labute approximate surface area is 256 Å². The Morgan fingerprint density at radius 2 is 1.32 bits per heavy atom. The first-order valence-corrected chi connectivity index (χ1v) is 14.4. The van der Waals surface area contributed by atoms with E-state index in [1.807, 2.05) is 109 Å². The topological polar surface area (TPSA) is 68.3 Å². The van der Waals surface area contributed by atoms with Crippen LogP contribution in [0.5, 0.6) is 11.5 Å². The largest absolute Gasteiger partial charge is 0.497 e. The number of carbonyl (C=O) groups is 2.